The summed E-state index contributed by atoms with van der Waals surface area (Å²) in [7, 11) is 0. The number of hydrogen-bond acceptors (Lipinski definition) is 4. The third-order valence-corrected chi connectivity index (χ3v) is 17.9. The van der Waals surface area contributed by atoms with Gasteiger partial charge in [0.05, 0.1) is 66.9 Å². The molecule has 12 aromatic carbocycles. The average molecular weight is 1170 g/mol. The molecule has 18 rings (SSSR count). The minimum atomic E-state index is 0.651. The van der Waals surface area contributed by atoms with E-state index in [1.807, 2.05) is 24.3 Å². The van der Waals surface area contributed by atoms with Crippen LogP contribution >= 0.6 is 0 Å². The minimum Gasteiger partial charge on any atom is -0.307 e. The molecule has 0 saturated carbocycles. The Kier molecular flexibility index (Phi) is 12.7. The molecule has 6 heterocycles. The molecule has 18 aromatic rings. The fourth-order valence-electron chi connectivity index (χ4n) is 13.8. The van der Waals surface area contributed by atoms with Gasteiger partial charge in [0.15, 0.2) is 0 Å². The number of rotatable bonds is 8. The lowest BCUT2D eigenvalue weighted by Crippen LogP contribution is -2.05. The van der Waals surface area contributed by atoms with Crippen LogP contribution in [0.2, 0.25) is 0 Å². The summed E-state index contributed by atoms with van der Waals surface area (Å²) in [4.78, 5) is 21.2. The number of benzene rings is 12. The molecule has 8 nitrogen and oxygen atoms in total. The van der Waals surface area contributed by atoms with Crippen molar-refractivity contribution in [3.05, 3.63) is 314 Å². The van der Waals surface area contributed by atoms with Crippen molar-refractivity contribution in [2.24, 2.45) is 0 Å². The Hall–Kier alpha value is -12.0. The predicted molar refractivity (Wildman–Crippen MR) is 377 cm³/mol. The summed E-state index contributed by atoms with van der Waals surface area (Å²) >= 11 is 0. The van der Waals surface area contributed by atoms with Gasteiger partial charge in [0.25, 0.3) is 0 Å². The number of fused-ring (bicyclic) bond motifs is 14. The van der Waals surface area contributed by atoms with Crippen LogP contribution < -0.4 is 0 Å². The molecule has 8 heteroatoms. The first kappa shape index (κ1) is 53.3. The van der Waals surface area contributed by atoms with Gasteiger partial charge >= 0.3 is 0 Å². The van der Waals surface area contributed by atoms with Crippen molar-refractivity contribution in [3.8, 4) is 68.3 Å². The Labute approximate surface area is 525 Å². The molecule has 0 fully saturated rings. The molecule has 430 valence electrons. The van der Waals surface area contributed by atoms with Crippen molar-refractivity contribution < 1.29 is 0 Å². The second kappa shape index (κ2) is 21.7. The second-order valence-corrected chi connectivity index (χ2v) is 23.6. The van der Waals surface area contributed by atoms with Gasteiger partial charge in [-0.3, -0.25) is 9.13 Å². The highest BCUT2D eigenvalue weighted by Crippen LogP contribution is 2.45. The lowest BCUT2D eigenvalue weighted by atomic mass is 10.0. The van der Waals surface area contributed by atoms with E-state index in [0.717, 1.165) is 89.5 Å². The van der Waals surface area contributed by atoms with E-state index in [1.165, 1.54) is 70.8 Å². The normalized spacial score (nSPS) is 11.7. The van der Waals surface area contributed by atoms with Crippen LogP contribution in [0.5, 0.6) is 0 Å². The van der Waals surface area contributed by atoms with E-state index >= 15 is 0 Å². The molecule has 0 spiro atoms. The van der Waals surface area contributed by atoms with Crippen LogP contribution in [0, 0.1) is 20.8 Å². The highest BCUT2D eigenvalue weighted by Gasteiger charge is 2.27. The molecule has 0 aliphatic heterocycles. The number of para-hydroxylation sites is 4. The summed E-state index contributed by atoms with van der Waals surface area (Å²) in [6.07, 6.45) is 0. The van der Waals surface area contributed by atoms with Gasteiger partial charge in [-0.1, -0.05) is 230 Å². The van der Waals surface area contributed by atoms with E-state index in [9.17, 15) is 0 Å². The molecule has 0 radical (unpaired) electrons. The monoisotopic (exact) mass is 1170 g/mol. The number of nitrogens with zero attached hydrogens (tertiary/aromatic N) is 8. The maximum atomic E-state index is 5.31. The van der Waals surface area contributed by atoms with E-state index in [1.54, 1.807) is 0 Å². The third-order valence-electron chi connectivity index (χ3n) is 17.9. The van der Waals surface area contributed by atoms with Crippen molar-refractivity contribution in [1.29, 1.82) is 0 Å². The summed E-state index contributed by atoms with van der Waals surface area (Å²) in [6, 6.07) is 105. The molecule has 0 unspecified atom stereocenters. The maximum Gasteiger partial charge on any atom is 0.235 e. The van der Waals surface area contributed by atoms with Crippen LogP contribution in [-0.4, -0.2) is 38.2 Å². The molecule has 0 aliphatic carbocycles. The van der Waals surface area contributed by atoms with Gasteiger partial charge in [-0.15, -0.1) is 0 Å². The first-order chi connectivity index (χ1) is 44.9. The first-order valence-electron chi connectivity index (χ1n) is 31.0. The Morgan fingerprint density at radius 3 is 1.00 bits per heavy atom. The predicted octanol–water partition coefficient (Wildman–Crippen LogP) is 20.9. The van der Waals surface area contributed by atoms with Gasteiger partial charge in [-0.05, 0) is 105 Å². The number of aromatic nitrogens is 8. The summed E-state index contributed by atoms with van der Waals surface area (Å²) in [5.41, 5.74) is 22.7. The molecular formula is C83H58N8. The van der Waals surface area contributed by atoms with Crippen molar-refractivity contribution in [2.75, 3.05) is 0 Å². The molecule has 6 aromatic heterocycles. The van der Waals surface area contributed by atoms with E-state index < -0.39 is 0 Å². The standard InChI is InChI=1S/C42H30N4.C41H28N4/c1-27-18-22-38-34(24-27)32-20-21-33-35-25-28(2)19-23-39(35)46(41(33)40(32)45(38)31-16-10-5-11-17-31)42-43-36(29-12-6-3-7-13-29)26-37(44-42)30-14-8-4-9-15-30;1-27-25-33-31-21-11-13-23-36(31)44(30-19-9-4-10-20-30)39(33)40-38(27)32-22-12-14-24-37(32)45(40)41-42-34(28-15-5-2-6-16-28)26-35(43-41)29-17-7-3-8-18-29/h3-26H,1-2H3;2-26H,1H3. The van der Waals surface area contributed by atoms with Crippen LogP contribution in [0.1, 0.15) is 16.7 Å². The van der Waals surface area contributed by atoms with E-state index in [4.69, 9.17) is 19.9 Å². The highest BCUT2D eigenvalue weighted by molar-refractivity contribution is 6.26. The SMILES string of the molecule is Cc1cc2c3ccccc3n(-c3ccccc3)c2c2c1c1ccccc1n2-c1nc(-c2ccccc2)cc(-c2ccccc2)n1.Cc1ccc2c(c1)c1ccc3c4cc(C)ccc4n(-c4nc(-c5ccccc5)cc(-c5ccccc5)n4)c3c1n2-c1ccccc1. The summed E-state index contributed by atoms with van der Waals surface area (Å²) in [5.74, 6) is 1.30. The van der Waals surface area contributed by atoms with Crippen LogP contribution in [0.15, 0.2) is 297 Å². The number of hydrogen-bond donors (Lipinski definition) is 0. The summed E-state index contributed by atoms with van der Waals surface area (Å²) in [6.45, 7) is 6.55. The summed E-state index contributed by atoms with van der Waals surface area (Å²) < 4.78 is 9.39. The molecule has 91 heavy (non-hydrogen) atoms. The quantitative estimate of drug-likeness (QED) is 0.152. The van der Waals surface area contributed by atoms with Gasteiger partial charge in [-0.25, -0.2) is 19.9 Å². The fraction of sp³-hybridized carbons (Fsp3) is 0.0361. The van der Waals surface area contributed by atoms with Gasteiger partial charge < -0.3 is 9.13 Å². The summed E-state index contributed by atoms with van der Waals surface area (Å²) in [5, 5.41) is 9.65. The Balaban J connectivity index is 0.000000140. The molecule has 0 N–H and O–H groups in total. The van der Waals surface area contributed by atoms with Gasteiger partial charge in [0.2, 0.25) is 11.9 Å². The lowest BCUT2D eigenvalue weighted by Gasteiger charge is -2.14. The van der Waals surface area contributed by atoms with Crippen LogP contribution in [-0.2, 0) is 0 Å². The molecule has 0 amide bonds. The second-order valence-electron chi connectivity index (χ2n) is 23.6. The van der Waals surface area contributed by atoms with Crippen molar-refractivity contribution in [3.63, 3.8) is 0 Å². The maximum absolute atomic E-state index is 5.31. The van der Waals surface area contributed by atoms with Crippen LogP contribution in [0.25, 0.3) is 156 Å². The Morgan fingerprint density at radius 2 is 0.560 bits per heavy atom. The molecule has 0 atom stereocenters. The molecule has 0 aliphatic rings. The van der Waals surface area contributed by atoms with Gasteiger partial charge in [0.1, 0.15) is 0 Å². The zero-order valence-electron chi connectivity index (χ0n) is 50.4. The van der Waals surface area contributed by atoms with Gasteiger partial charge in [-0.2, -0.15) is 0 Å². The first-order valence-corrected chi connectivity index (χ1v) is 31.0. The fourth-order valence-corrected chi connectivity index (χ4v) is 13.8. The largest absolute Gasteiger partial charge is 0.307 e. The van der Waals surface area contributed by atoms with Crippen molar-refractivity contribution in [2.45, 2.75) is 20.8 Å². The van der Waals surface area contributed by atoms with Crippen LogP contribution in [0.3, 0.4) is 0 Å². The topological polar surface area (TPSA) is 71.3 Å². The highest BCUT2D eigenvalue weighted by atomic mass is 15.2. The minimum absolute atomic E-state index is 0.651. The van der Waals surface area contributed by atoms with Crippen molar-refractivity contribution >= 4 is 87.2 Å². The van der Waals surface area contributed by atoms with Crippen molar-refractivity contribution in [1.82, 2.24) is 38.2 Å². The zero-order valence-corrected chi connectivity index (χ0v) is 50.4. The zero-order chi connectivity index (χ0) is 60.7. The Morgan fingerprint density at radius 1 is 0.231 bits per heavy atom. The average Bonchev–Trinajstić information content (AvgIpc) is 1.56. The molecule has 0 bridgehead atoms. The number of aryl methyl sites for hydroxylation is 3. The van der Waals surface area contributed by atoms with Gasteiger partial charge in [0, 0.05) is 76.7 Å². The van der Waals surface area contributed by atoms with E-state index in [2.05, 4.69) is 312 Å². The third kappa shape index (κ3) is 8.90. The van der Waals surface area contributed by atoms with E-state index in [-0.39, 0.29) is 0 Å². The molecular weight excluding hydrogens is 1110 g/mol. The molecule has 0 saturated heterocycles. The van der Waals surface area contributed by atoms with Crippen LogP contribution in [0.4, 0.5) is 0 Å². The Bertz CT molecular complexity index is 5710. The van der Waals surface area contributed by atoms with E-state index in [0.29, 0.717) is 11.9 Å². The smallest absolute Gasteiger partial charge is 0.235 e. The lowest BCUT2D eigenvalue weighted by molar-refractivity contribution is 0.994.